The molecular formula is C26H31Cl2N5O3. The Hall–Kier alpha value is -3.22. The number of furan rings is 1. The number of unbranched alkanes of at least 4 members (excludes halogenated alkanes) is 1. The Morgan fingerprint density at radius 1 is 1.06 bits per heavy atom. The number of carbonyl (C=O) groups excluding carboxylic acids is 1. The van der Waals surface area contributed by atoms with Crippen LogP contribution in [0.1, 0.15) is 34.5 Å². The van der Waals surface area contributed by atoms with Gasteiger partial charge in [0.25, 0.3) is 5.91 Å². The fourth-order valence-corrected chi connectivity index (χ4v) is 4.68. The van der Waals surface area contributed by atoms with Crippen molar-refractivity contribution in [3.63, 3.8) is 0 Å². The van der Waals surface area contributed by atoms with Crippen molar-refractivity contribution in [1.82, 2.24) is 9.88 Å². The number of rotatable bonds is 7. The number of hydrogen-bond donors (Lipinski definition) is 2. The Balaban J connectivity index is 0.00000152. The number of halogens is 2. The van der Waals surface area contributed by atoms with E-state index in [1.165, 1.54) is 10.9 Å². The van der Waals surface area contributed by atoms with E-state index in [4.69, 9.17) is 15.4 Å². The van der Waals surface area contributed by atoms with E-state index >= 15 is 0 Å². The Morgan fingerprint density at radius 3 is 2.56 bits per heavy atom. The molecule has 1 saturated heterocycles. The summed E-state index contributed by atoms with van der Waals surface area (Å²) in [4.78, 5) is 19.6. The summed E-state index contributed by atoms with van der Waals surface area (Å²) in [7, 11) is 0. The number of benzene rings is 2. The number of nitrogens with two attached hydrogens (primary N) is 1. The van der Waals surface area contributed by atoms with Crippen molar-refractivity contribution in [3.8, 4) is 6.07 Å². The molecule has 3 heterocycles. The van der Waals surface area contributed by atoms with Crippen LogP contribution in [-0.2, 0) is 6.42 Å². The number of hydrogen-bond acceptors (Lipinski definition) is 5. The van der Waals surface area contributed by atoms with E-state index in [1.807, 2.05) is 30.3 Å². The first kappa shape index (κ1) is 29.0. The summed E-state index contributed by atoms with van der Waals surface area (Å²) in [6.07, 6.45) is 5.38. The lowest BCUT2D eigenvalue weighted by Crippen LogP contribution is -2.46. The first-order valence-electron chi connectivity index (χ1n) is 11.4. The second-order valence-corrected chi connectivity index (χ2v) is 8.67. The third-order valence-corrected chi connectivity index (χ3v) is 6.55. The fraction of sp³-hybridized carbons (Fsp3) is 0.308. The molecule has 0 saturated carbocycles. The van der Waals surface area contributed by atoms with Crippen LogP contribution in [0.4, 0.5) is 5.69 Å². The molecule has 10 heteroatoms. The molecule has 1 amide bonds. The number of H-pyrrole nitrogens is 1. The molecule has 192 valence electrons. The summed E-state index contributed by atoms with van der Waals surface area (Å²) < 4.78 is 5.49. The van der Waals surface area contributed by atoms with Gasteiger partial charge in [-0.15, -0.1) is 24.8 Å². The van der Waals surface area contributed by atoms with E-state index in [9.17, 15) is 4.79 Å². The predicted molar refractivity (Wildman–Crippen MR) is 147 cm³/mol. The van der Waals surface area contributed by atoms with Crippen molar-refractivity contribution >= 4 is 58.3 Å². The molecule has 8 nitrogen and oxygen atoms in total. The van der Waals surface area contributed by atoms with E-state index in [1.54, 1.807) is 6.07 Å². The second kappa shape index (κ2) is 12.7. The minimum Gasteiger partial charge on any atom is -0.451 e. The number of primary amides is 1. The van der Waals surface area contributed by atoms with Crippen LogP contribution in [0, 0.1) is 11.3 Å². The molecule has 1 fully saturated rings. The van der Waals surface area contributed by atoms with Gasteiger partial charge in [-0.1, -0.05) is 0 Å². The van der Waals surface area contributed by atoms with E-state index in [-0.39, 0.29) is 36.1 Å². The summed E-state index contributed by atoms with van der Waals surface area (Å²) in [5.41, 5.74) is 10.3. The number of carbonyl (C=O) groups is 1. The third-order valence-electron chi connectivity index (χ3n) is 6.55. The highest BCUT2D eigenvalue weighted by Crippen LogP contribution is 2.26. The second-order valence-electron chi connectivity index (χ2n) is 8.67. The van der Waals surface area contributed by atoms with Gasteiger partial charge >= 0.3 is 0 Å². The van der Waals surface area contributed by atoms with Crippen molar-refractivity contribution in [2.45, 2.75) is 19.3 Å². The van der Waals surface area contributed by atoms with Crippen molar-refractivity contribution < 1.29 is 14.7 Å². The van der Waals surface area contributed by atoms with Crippen LogP contribution in [0.3, 0.4) is 0 Å². The Labute approximate surface area is 222 Å². The standard InChI is InChI=1S/C26H27N5O2.2ClH.H2O/c27-16-18-4-6-23-22(13-18)19(17-29-23)3-1-2-8-30-9-11-31(12-10-30)21-5-7-24-20(14-21)15-25(33-24)26(28)32;;;/h4-7,13-15,17,29H,1-3,8-12H2,(H2,28,32);2*1H;1H2. The summed E-state index contributed by atoms with van der Waals surface area (Å²) in [5.74, 6) is -0.344. The molecular weight excluding hydrogens is 501 g/mol. The van der Waals surface area contributed by atoms with Crippen molar-refractivity contribution in [3.05, 3.63) is 65.5 Å². The quantitative estimate of drug-likeness (QED) is 0.347. The lowest BCUT2D eigenvalue weighted by molar-refractivity contribution is 0.0976. The molecule has 2 aromatic heterocycles. The molecule has 0 bridgehead atoms. The number of nitrogens with zero attached hydrogens (tertiary/aromatic N) is 3. The van der Waals surface area contributed by atoms with Crippen LogP contribution < -0.4 is 10.6 Å². The molecule has 0 aliphatic carbocycles. The largest absolute Gasteiger partial charge is 0.451 e. The van der Waals surface area contributed by atoms with Crippen LogP contribution >= 0.6 is 24.8 Å². The molecule has 5 N–H and O–H groups in total. The zero-order valence-electron chi connectivity index (χ0n) is 19.8. The smallest absolute Gasteiger partial charge is 0.284 e. The fourth-order valence-electron chi connectivity index (χ4n) is 4.68. The third kappa shape index (κ3) is 6.12. The molecule has 2 aromatic carbocycles. The van der Waals surface area contributed by atoms with E-state index in [0.29, 0.717) is 11.1 Å². The van der Waals surface area contributed by atoms with Crippen molar-refractivity contribution in [1.29, 1.82) is 5.26 Å². The van der Waals surface area contributed by atoms with Gasteiger partial charge in [-0.3, -0.25) is 9.69 Å². The minimum atomic E-state index is -0.544. The molecule has 1 aliphatic heterocycles. The van der Waals surface area contributed by atoms with Crippen molar-refractivity contribution in [2.75, 3.05) is 37.6 Å². The van der Waals surface area contributed by atoms with Gasteiger partial charge in [0.15, 0.2) is 5.76 Å². The lowest BCUT2D eigenvalue weighted by atomic mass is 10.1. The topological polar surface area (TPSA) is 134 Å². The van der Waals surface area contributed by atoms with Crippen LogP contribution in [0.15, 0.2) is 53.1 Å². The number of amides is 1. The van der Waals surface area contributed by atoms with E-state index in [2.05, 4.69) is 33.1 Å². The van der Waals surface area contributed by atoms with Gasteiger partial charge < -0.3 is 25.5 Å². The highest BCUT2D eigenvalue weighted by atomic mass is 35.5. The monoisotopic (exact) mass is 531 g/mol. The summed E-state index contributed by atoms with van der Waals surface area (Å²) in [6.45, 7) is 5.13. The number of fused-ring (bicyclic) bond motifs is 2. The first-order valence-corrected chi connectivity index (χ1v) is 11.4. The summed E-state index contributed by atoms with van der Waals surface area (Å²) in [6, 6.07) is 15.8. The maximum Gasteiger partial charge on any atom is 0.284 e. The molecule has 5 rings (SSSR count). The van der Waals surface area contributed by atoms with Crippen LogP contribution in [0.25, 0.3) is 21.9 Å². The normalized spacial score (nSPS) is 13.5. The van der Waals surface area contributed by atoms with Gasteiger partial charge in [0.1, 0.15) is 5.58 Å². The molecule has 4 aromatic rings. The molecule has 36 heavy (non-hydrogen) atoms. The van der Waals surface area contributed by atoms with Gasteiger partial charge in [0.2, 0.25) is 0 Å². The van der Waals surface area contributed by atoms with Gasteiger partial charge in [0, 0.05) is 54.4 Å². The number of piperazine rings is 1. The summed E-state index contributed by atoms with van der Waals surface area (Å²) >= 11 is 0. The first-order chi connectivity index (χ1) is 16.1. The molecule has 0 atom stereocenters. The number of anilines is 1. The molecule has 1 aliphatic rings. The minimum absolute atomic E-state index is 0. The average molecular weight is 532 g/mol. The van der Waals surface area contributed by atoms with Crippen molar-refractivity contribution in [2.24, 2.45) is 5.73 Å². The van der Waals surface area contributed by atoms with Gasteiger partial charge in [-0.05, 0) is 73.8 Å². The Bertz CT molecular complexity index is 1350. The number of aryl methyl sites for hydroxylation is 1. The Morgan fingerprint density at radius 2 is 1.83 bits per heavy atom. The number of nitriles is 1. The van der Waals surface area contributed by atoms with Crippen LogP contribution in [0.2, 0.25) is 0 Å². The SMILES string of the molecule is Cl.Cl.N#Cc1ccc2[nH]cc(CCCCN3CCN(c4ccc5oc(C(N)=O)cc5c4)CC3)c2c1.O. The van der Waals surface area contributed by atoms with Gasteiger partial charge in [-0.2, -0.15) is 5.26 Å². The Kier molecular flexibility index (Phi) is 10.2. The average Bonchev–Trinajstić information content (AvgIpc) is 3.45. The number of aromatic nitrogens is 1. The maximum atomic E-state index is 11.4. The number of aromatic amines is 1. The lowest BCUT2D eigenvalue weighted by Gasteiger charge is -2.36. The highest BCUT2D eigenvalue weighted by Gasteiger charge is 2.18. The number of nitrogens with one attached hydrogen (secondary N) is 1. The van der Waals surface area contributed by atoms with Crippen LogP contribution in [0.5, 0.6) is 0 Å². The van der Waals surface area contributed by atoms with Gasteiger partial charge in [0.05, 0.1) is 11.6 Å². The molecule has 0 radical (unpaired) electrons. The predicted octanol–water partition coefficient (Wildman–Crippen LogP) is 4.05. The van der Waals surface area contributed by atoms with Crippen LogP contribution in [-0.4, -0.2) is 54.0 Å². The zero-order valence-corrected chi connectivity index (χ0v) is 21.5. The highest BCUT2D eigenvalue weighted by molar-refractivity contribution is 5.95. The molecule has 0 unspecified atom stereocenters. The van der Waals surface area contributed by atoms with Gasteiger partial charge in [-0.25, -0.2) is 0 Å². The van der Waals surface area contributed by atoms with E-state index < -0.39 is 5.91 Å². The zero-order chi connectivity index (χ0) is 22.8. The van der Waals surface area contributed by atoms with E-state index in [0.717, 1.165) is 68.6 Å². The maximum absolute atomic E-state index is 11.4. The molecule has 0 spiro atoms. The summed E-state index contributed by atoms with van der Waals surface area (Å²) in [5, 5.41) is 11.2.